The number of imidazole rings is 1. The summed E-state index contributed by atoms with van der Waals surface area (Å²) in [5, 5.41) is 0. The van der Waals surface area contributed by atoms with Gasteiger partial charge in [0, 0.05) is 0 Å². The van der Waals surface area contributed by atoms with E-state index in [-0.39, 0.29) is 15.0 Å². The number of benzene rings is 2. The molecule has 0 spiro atoms. The molecule has 4 rings (SSSR count). The summed E-state index contributed by atoms with van der Waals surface area (Å²) in [5.74, 6) is 0.859. The van der Waals surface area contributed by atoms with Crippen LogP contribution >= 0.6 is 0 Å². The molecular formula is C20H16N2OSe. The van der Waals surface area contributed by atoms with E-state index in [1.54, 1.807) is 7.11 Å². The Balaban J connectivity index is 1.85. The van der Waals surface area contributed by atoms with Crippen molar-refractivity contribution in [1.29, 1.82) is 0 Å². The first-order valence-corrected chi connectivity index (χ1v) is 9.41. The van der Waals surface area contributed by atoms with E-state index in [0.717, 1.165) is 22.7 Å². The molecule has 4 heteroatoms. The Bertz CT molecular complexity index is 962. The van der Waals surface area contributed by atoms with Gasteiger partial charge in [0.1, 0.15) is 0 Å². The number of rotatable bonds is 4. The van der Waals surface area contributed by atoms with Gasteiger partial charge in [0.25, 0.3) is 0 Å². The van der Waals surface area contributed by atoms with Crippen LogP contribution in [0.25, 0.3) is 16.9 Å². The van der Waals surface area contributed by atoms with E-state index in [9.17, 15) is 0 Å². The third-order valence-electron chi connectivity index (χ3n) is 3.81. The number of nitrogens with zero attached hydrogens (tertiary/aromatic N) is 2. The van der Waals surface area contributed by atoms with Gasteiger partial charge < -0.3 is 0 Å². The Kier molecular flexibility index (Phi) is 4.08. The van der Waals surface area contributed by atoms with Crippen molar-refractivity contribution < 1.29 is 4.74 Å². The van der Waals surface area contributed by atoms with E-state index < -0.39 is 0 Å². The maximum atomic E-state index is 5.27. The first-order chi connectivity index (χ1) is 11.8. The molecule has 2 aromatic heterocycles. The minimum absolute atomic E-state index is 0.178. The van der Waals surface area contributed by atoms with Crippen molar-refractivity contribution in [2.75, 3.05) is 7.11 Å². The summed E-state index contributed by atoms with van der Waals surface area (Å²) in [6, 6.07) is 24.8. The third-order valence-corrected chi connectivity index (χ3v) is 6.10. The van der Waals surface area contributed by atoms with E-state index in [1.165, 1.54) is 9.05 Å². The predicted molar refractivity (Wildman–Crippen MR) is 98.6 cm³/mol. The van der Waals surface area contributed by atoms with E-state index in [0.29, 0.717) is 0 Å². The number of hydrogen-bond donors (Lipinski definition) is 0. The fourth-order valence-electron chi connectivity index (χ4n) is 2.61. The first kappa shape index (κ1) is 15.0. The molecule has 0 bridgehead atoms. The van der Waals surface area contributed by atoms with Crippen molar-refractivity contribution in [2.45, 2.75) is 0 Å². The first-order valence-electron chi connectivity index (χ1n) is 7.69. The number of aromatic nitrogens is 2. The Labute approximate surface area is 147 Å². The van der Waals surface area contributed by atoms with Gasteiger partial charge in [-0.3, -0.25) is 0 Å². The SMILES string of the molecule is COc1ccc(-c2nc3ccccn3c2[Se]c2ccccc2)cc1. The summed E-state index contributed by atoms with van der Waals surface area (Å²) in [7, 11) is 1.68. The van der Waals surface area contributed by atoms with E-state index in [1.807, 2.05) is 18.2 Å². The molecule has 0 radical (unpaired) electrons. The number of hydrogen-bond acceptors (Lipinski definition) is 2. The van der Waals surface area contributed by atoms with E-state index in [4.69, 9.17) is 9.72 Å². The summed E-state index contributed by atoms with van der Waals surface area (Å²) in [6.45, 7) is 0. The molecule has 0 N–H and O–H groups in total. The third kappa shape index (κ3) is 2.82. The van der Waals surface area contributed by atoms with Crippen LogP contribution in [0.1, 0.15) is 0 Å². The van der Waals surface area contributed by atoms with E-state index in [2.05, 4.69) is 65.2 Å². The fraction of sp³-hybridized carbons (Fsp3) is 0.0500. The van der Waals surface area contributed by atoms with Crippen LogP contribution in [0.4, 0.5) is 0 Å². The van der Waals surface area contributed by atoms with Crippen LogP contribution in [0, 0.1) is 0 Å². The summed E-state index contributed by atoms with van der Waals surface area (Å²) in [4.78, 5) is 4.87. The number of ether oxygens (including phenoxy) is 1. The normalized spacial score (nSPS) is 10.9. The molecule has 0 amide bonds. The summed E-state index contributed by atoms with van der Waals surface area (Å²) < 4.78 is 10.1. The molecule has 0 aliphatic rings. The van der Waals surface area contributed by atoms with Gasteiger partial charge in [0.2, 0.25) is 0 Å². The van der Waals surface area contributed by atoms with Crippen LogP contribution < -0.4 is 13.8 Å². The number of pyridine rings is 1. The van der Waals surface area contributed by atoms with Crippen LogP contribution in [-0.2, 0) is 0 Å². The standard InChI is InChI=1S/C20H16N2OSe/c1-23-16-12-10-15(11-13-16)19-20(24-17-7-3-2-4-8-17)22-14-6-5-9-18(22)21-19/h2-14H,1H3. The van der Waals surface area contributed by atoms with Crippen LogP contribution in [-0.4, -0.2) is 31.5 Å². The van der Waals surface area contributed by atoms with Gasteiger partial charge in [-0.15, -0.1) is 0 Å². The summed E-state index contributed by atoms with van der Waals surface area (Å²) in [5.41, 5.74) is 3.15. The van der Waals surface area contributed by atoms with Crippen LogP contribution in [0.15, 0.2) is 79.0 Å². The molecule has 0 aliphatic carbocycles. The van der Waals surface area contributed by atoms with Crippen molar-refractivity contribution in [3.8, 4) is 17.0 Å². The van der Waals surface area contributed by atoms with Gasteiger partial charge in [-0.05, 0) is 0 Å². The van der Waals surface area contributed by atoms with Gasteiger partial charge >= 0.3 is 147 Å². The summed E-state index contributed by atoms with van der Waals surface area (Å²) in [6.07, 6.45) is 2.09. The average Bonchev–Trinajstić information content (AvgIpc) is 3.01. The van der Waals surface area contributed by atoms with Gasteiger partial charge in [0.15, 0.2) is 0 Å². The molecule has 24 heavy (non-hydrogen) atoms. The second-order valence-corrected chi connectivity index (χ2v) is 7.57. The van der Waals surface area contributed by atoms with Crippen molar-refractivity contribution >= 4 is 29.7 Å². The minimum atomic E-state index is 0.178. The molecule has 0 unspecified atom stereocenters. The number of fused-ring (bicyclic) bond motifs is 1. The number of methoxy groups -OCH3 is 1. The van der Waals surface area contributed by atoms with Crippen LogP contribution in [0.2, 0.25) is 0 Å². The second kappa shape index (κ2) is 6.52. The van der Waals surface area contributed by atoms with Crippen molar-refractivity contribution in [2.24, 2.45) is 0 Å². The zero-order valence-corrected chi connectivity index (χ0v) is 14.9. The molecule has 0 atom stereocenters. The fourth-order valence-corrected chi connectivity index (χ4v) is 4.77. The van der Waals surface area contributed by atoms with Gasteiger partial charge in [-0.25, -0.2) is 0 Å². The quantitative estimate of drug-likeness (QED) is 0.510. The van der Waals surface area contributed by atoms with Crippen molar-refractivity contribution in [3.63, 3.8) is 0 Å². The molecule has 118 valence electrons. The van der Waals surface area contributed by atoms with Gasteiger partial charge in [-0.2, -0.15) is 0 Å². The van der Waals surface area contributed by atoms with Gasteiger partial charge in [0.05, 0.1) is 0 Å². The molecular weight excluding hydrogens is 363 g/mol. The molecule has 4 aromatic rings. The molecule has 0 fully saturated rings. The topological polar surface area (TPSA) is 26.5 Å². The Morgan fingerprint density at radius 3 is 2.38 bits per heavy atom. The zero-order chi connectivity index (χ0) is 16.4. The predicted octanol–water partition coefficient (Wildman–Crippen LogP) is 2.66. The van der Waals surface area contributed by atoms with Crippen LogP contribution in [0.3, 0.4) is 0 Å². The van der Waals surface area contributed by atoms with Gasteiger partial charge in [-0.1, -0.05) is 0 Å². The summed E-state index contributed by atoms with van der Waals surface area (Å²) >= 11 is 0.178. The molecule has 0 aliphatic heterocycles. The molecule has 0 saturated carbocycles. The van der Waals surface area contributed by atoms with Crippen LogP contribution in [0.5, 0.6) is 5.75 Å². The Morgan fingerprint density at radius 1 is 0.875 bits per heavy atom. The monoisotopic (exact) mass is 380 g/mol. The average molecular weight is 379 g/mol. The van der Waals surface area contributed by atoms with Crippen molar-refractivity contribution in [3.05, 3.63) is 79.0 Å². The van der Waals surface area contributed by atoms with E-state index >= 15 is 0 Å². The van der Waals surface area contributed by atoms with Crippen molar-refractivity contribution in [1.82, 2.24) is 9.38 Å². The zero-order valence-electron chi connectivity index (χ0n) is 13.2. The molecule has 0 saturated heterocycles. The molecule has 3 nitrogen and oxygen atoms in total. The Hall–Kier alpha value is -2.55. The maximum absolute atomic E-state index is 5.27. The second-order valence-electron chi connectivity index (χ2n) is 5.34. The molecule has 2 aromatic carbocycles. The Morgan fingerprint density at radius 2 is 1.62 bits per heavy atom. The molecule has 2 heterocycles.